The predicted molar refractivity (Wildman–Crippen MR) is 58.2 cm³/mol. The zero-order valence-electron chi connectivity index (χ0n) is 8.61. The van der Waals surface area contributed by atoms with E-state index < -0.39 is 5.97 Å². The molecule has 0 aliphatic carbocycles. The van der Waals surface area contributed by atoms with Crippen molar-refractivity contribution >= 4 is 16.9 Å². The number of carboxylic acid groups (broad SMARTS) is 1. The summed E-state index contributed by atoms with van der Waals surface area (Å²) in [7, 11) is 0. The molecule has 0 atom stereocenters. The molecule has 3 heteroatoms. The summed E-state index contributed by atoms with van der Waals surface area (Å²) in [6.07, 6.45) is 1.53. The number of nitrogens with zero attached hydrogens (tertiary/aromatic N) is 1. The predicted octanol–water partition coefficient (Wildman–Crippen LogP) is 2.55. The molecular formula is C12H11NO2. The molecule has 2 aromatic rings. The Morgan fingerprint density at radius 2 is 1.93 bits per heavy atom. The van der Waals surface area contributed by atoms with Gasteiger partial charge in [0.2, 0.25) is 0 Å². The number of aryl methyl sites for hydroxylation is 2. The zero-order valence-corrected chi connectivity index (χ0v) is 8.61. The first-order valence-corrected chi connectivity index (χ1v) is 4.69. The second kappa shape index (κ2) is 3.35. The topological polar surface area (TPSA) is 50.2 Å². The van der Waals surface area contributed by atoms with E-state index in [4.69, 9.17) is 5.11 Å². The lowest BCUT2D eigenvalue weighted by atomic mass is 10.0. The van der Waals surface area contributed by atoms with Crippen molar-refractivity contribution in [2.24, 2.45) is 0 Å². The van der Waals surface area contributed by atoms with E-state index >= 15 is 0 Å². The minimum Gasteiger partial charge on any atom is -0.478 e. The number of pyridine rings is 1. The largest absolute Gasteiger partial charge is 0.478 e. The molecule has 0 radical (unpaired) electrons. The molecule has 0 bridgehead atoms. The summed E-state index contributed by atoms with van der Waals surface area (Å²) in [6, 6.07) is 5.32. The number of hydrogen-bond donors (Lipinski definition) is 1. The lowest BCUT2D eigenvalue weighted by Gasteiger charge is -2.05. The normalized spacial score (nSPS) is 10.5. The molecule has 0 saturated carbocycles. The summed E-state index contributed by atoms with van der Waals surface area (Å²) in [4.78, 5) is 15.1. The Kier molecular flexibility index (Phi) is 2.15. The molecule has 1 aromatic heterocycles. The quantitative estimate of drug-likeness (QED) is 0.771. The van der Waals surface area contributed by atoms with Gasteiger partial charge in [0.15, 0.2) is 0 Å². The minimum atomic E-state index is -0.911. The minimum absolute atomic E-state index is 0.308. The van der Waals surface area contributed by atoms with Crippen LogP contribution < -0.4 is 0 Å². The summed E-state index contributed by atoms with van der Waals surface area (Å²) >= 11 is 0. The summed E-state index contributed by atoms with van der Waals surface area (Å²) in [5.41, 5.74) is 3.25. The second-order valence-corrected chi connectivity index (χ2v) is 3.62. The molecule has 0 spiro atoms. The molecule has 0 aliphatic rings. The van der Waals surface area contributed by atoms with Gasteiger partial charge in [0.05, 0.1) is 11.1 Å². The molecule has 0 amide bonds. The summed E-state index contributed by atoms with van der Waals surface area (Å²) in [6.45, 7) is 3.96. The summed E-state index contributed by atoms with van der Waals surface area (Å²) in [5, 5.41) is 9.72. The second-order valence-electron chi connectivity index (χ2n) is 3.62. The van der Waals surface area contributed by atoms with E-state index in [9.17, 15) is 4.79 Å². The Hall–Kier alpha value is -1.90. The molecule has 0 unspecified atom stereocenters. The number of aromatic nitrogens is 1. The summed E-state index contributed by atoms with van der Waals surface area (Å²) in [5.74, 6) is -0.911. The monoisotopic (exact) mass is 201 g/mol. The highest BCUT2D eigenvalue weighted by Crippen LogP contribution is 2.20. The Morgan fingerprint density at radius 1 is 1.27 bits per heavy atom. The maximum atomic E-state index is 11.0. The number of benzene rings is 1. The van der Waals surface area contributed by atoms with Crippen molar-refractivity contribution < 1.29 is 9.90 Å². The molecule has 1 aromatic carbocycles. The average Bonchev–Trinajstić information content (AvgIpc) is 2.18. The number of carboxylic acids is 1. The fourth-order valence-corrected chi connectivity index (χ4v) is 1.59. The van der Waals surface area contributed by atoms with Gasteiger partial charge in [-0.1, -0.05) is 0 Å². The maximum Gasteiger partial charge on any atom is 0.336 e. The molecule has 76 valence electrons. The molecular weight excluding hydrogens is 190 g/mol. The van der Waals surface area contributed by atoms with Crippen LogP contribution in [0, 0.1) is 13.8 Å². The van der Waals surface area contributed by atoms with Crippen molar-refractivity contribution in [3.8, 4) is 0 Å². The van der Waals surface area contributed by atoms with Gasteiger partial charge >= 0.3 is 5.97 Å². The van der Waals surface area contributed by atoms with Crippen molar-refractivity contribution in [2.45, 2.75) is 13.8 Å². The summed E-state index contributed by atoms with van der Waals surface area (Å²) < 4.78 is 0. The Balaban J connectivity index is 2.86. The Labute approximate surface area is 87.4 Å². The van der Waals surface area contributed by atoms with Crippen molar-refractivity contribution in [3.63, 3.8) is 0 Å². The van der Waals surface area contributed by atoms with Crippen molar-refractivity contribution in [2.75, 3.05) is 0 Å². The van der Waals surface area contributed by atoms with Crippen LogP contribution in [0.3, 0.4) is 0 Å². The van der Waals surface area contributed by atoms with Crippen LogP contribution in [0.25, 0.3) is 10.9 Å². The van der Waals surface area contributed by atoms with E-state index in [1.165, 1.54) is 12.3 Å². The highest BCUT2D eigenvalue weighted by atomic mass is 16.4. The molecule has 0 aliphatic heterocycles. The van der Waals surface area contributed by atoms with Crippen LogP contribution in [0.1, 0.15) is 21.5 Å². The highest BCUT2D eigenvalue weighted by Gasteiger charge is 2.09. The van der Waals surface area contributed by atoms with Crippen LogP contribution >= 0.6 is 0 Å². The number of aromatic carboxylic acids is 1. The standard InChI is InChI=1S/C12H11NO2/c1-7-5-10-9(12(14)15)3-4-13-11(10)6-8(7)2/h3-6H,1-2H3,(H,14,15). The van der Waals surface area contributed by atoms with E-state index in [1.807, 2.05) is 26.0 Å². The maximum absolute atomic E-state index is 11.0. The van der Waals surface area contributed by atoms with Gasteiger partial charge in [0.1, 0.15) is 0 Å². The number of rotatable bonds is 1. The van der Waals surface area contributed by atoms with Crippen LogP contribution in [0.2, 0.25) is 0 Å². The van der Waals surface area contributed by atoms with Crippen LogP contribution in [-0.4, -0.2) is 16.1 Å². The van der Waals surface area contributed by atoms with Gasteiger partial charge in [-0.05, 0) is 43.2 Å². The molecule has 2 rings (SSSR count). The first-order chi connectivity index (χ1) is 7.09. The van der Waals surface area contributed by atoms with Gasteiger partial charge in [-0.3, -0.25) is 4.98 Å². The molecule has 0 fully saturated rings. The number of fused-ring (bicyclic) bond motifs is 1. The van der Waals surface area contributed by atoms with Gasteiger partial charge in [0, 0.05) is 11.6 Å². The van der Waals surface area contributed by atoms with E-state index in [-0.39, 0.29) is 0 Å². The SMILES string of the molecule is Cc1cc2nccc(C(=O)O)c2cc1C. The molecule has 0 saturated heterocycles. The third kappa shape index (κ3) is 1.56. The van der Waals surface area contributed by atoms with E-state index in [0.29, 0.717) is 10.9 Å². The zero-order chi connectivity index (χ0) is 11.0. The lowest BCUT2D eigenvalue weighted by molar-refractivity contribution is 0.0699. The average molecular weight is 201 g/mol. The van der Waals surface area contributed by atoms with Crippen molar-refractivity contribution in [1.29, 1.82) is 0 Å². The molecule has 1 heterocycles. The van der Waals surface area contributed by atoms with Crippen LogP contribution in [0.4, 0.5) is 0 Å². The molecule has 3 nitrogen and oxygen atoms in total. The lowest BCUT2D eigenvalue weighted by Crippen LogP contribution is -1.99. The van der Waals surface area contributed by atoms with Gasteiger partial charge in [0.25, 0.3) is 0 Å². The van der Waals surface area contributed by atoms with Crippen LogP contribution in [0.15, 0.2) is 24.4 Å². The van der Waals surface area contributed by atoms with E-state index in [0.717, 1.165) is 16.6 Å². The third-order valence-electron chi connectivity index (χ3n) is 2.59. The van der Waals surface area contributed by atoms with E-state index in [2.05, 4.69) is 4.98 Å². The molecule has 15 heavy (non-hydrogen) atoms. The van der Waals surface area contributed by atoms with Crippen LogP contribution in [-0.2, 0) is 0 Å². The Morgan fingerprint density at radius 3 is 2.60 bits per heavy atom. The van der Waals surface area contributed by atoms with Crippen molar-refractivity contribution in [1.82, 2.24) is 4.98 Å². The van der Waals surface area contributed by atoms with Gasteiger partial charge in [-0.2, -0.15) is 0 Å². The van der Waals surface area contributed by atoms with Crippen molar-refractivity contribution in [3.05, 3.63) is 41.1 Å². The fraction of sp³-hybridized carbons (Fsp3) is 0.167. The number of hydrogen-bond acceptors (Lipinski definition) is 2. The van der Waals surface area contributed by atoms with Gasteiger partial charge in [-0.15, -0.1) is 0 Å². The Bertz CT molecular complexity index is 547. The molecule has 1 N–H and O–H groups in total. The third-order valence-corrected chi connectivity index (χ3v) is 2.59. The van der Waals surface area contributed by atoms with Crippen LogP contribution in [0.5, 0.6) is 0 Å². The van der Waals surface area contributed by atoms with Gasteiger partial charge in [-0.25, -0.2) is 4.79 Å². The van der Waals surface area contributed by atoms with Gasteiger partial charge < -0.3 is 5.11 Å². The first-order valence-electron chi connectivity index (χ1n) is 4.69. The number of carbonyl (C=O) groups is 1. The first kappa shape index (κ1) is 9.65. The fourth-order valence-electron chi connectivity index (χ4n) is 1.59. The highest BCUT2D eigenvalue weighted by molar-refractivity contribution is 6.02. The smallest absolute Gasteiger partial charge is 0.336 e. The van der Waals surface area contributed by atoms with E-state index in [1.54, 1.807) is 0 Å².